The van der Waals surface area contributed by atoms with E-state index in [0.29, 0.717) is 11.8 Å². The topological polar surface area (TPSA) is 12.9 Å². The SMILES string of the molecule is Cc1ccc2c(n1)C(C)CCC2C. The molecule has 1 heteroatoms. The predicted octanol–water partition coefficient (Wildman–Crippen LogP) is 3.39. The zero-order valence-electron chi connectivity index (χ0n) is 8.67. The fraction of sp³-hybridized carbons (Fsp3) is 0.583. The van der Waals surface area contributed by atoms with Gasteiger partial charge in [-0.15, -0.1) is 0 Å². The van der Waals surface area contributed by atoms with Crippen molar-refractivity contribution < 1.29 is 0 Å². The maximum Gasteiger partial charge on any atom is 0.0469 e. The second-order valence-corrected chi connectivity index (χ2v) is 4.31. The molecule has 0 aromatic carbocycles. The Morgan fingerprint density at radius 1 is 1.15 bits per heavy atom. The van der Waals surface area contributed by atoms with Gasteiger partial charge in [-0.2, -0.15) is 0 Å². The number of fused-ring (bicyclic) bond motifs is 1. The summed E-state index contributed by atoms with van der Waals surface area (Å²) in [6, 6.07) is 4.39. The fourth-order valence-corrected chi connectivity index (χ4v) is 2.19. The maximum atomic E-state index is 4.65. The smallest absolute Gasteiger partial charge is 0.0469 e. The monoisotopic (exact) mass is 175 g/mol. The van der Waals surface area contributed by atoms with Crippen molar-refractivity contribution >= 4 is 0 Å². The molecule has 13 heavy (non-hydrogen) atoms. The molecule has 0 amide bonds. The molecule has 1 heterocycles. The first-order valence-corrected chi connectivity index (χ1v) is 5.16. The molecule has 0 radical (unpaired) electrons. The van der Waals surface area contributed by atoms with Crippen molar-refractivity contribution in [2.24, 2.45) is 0 Å². The van der Waals surface area contributed by atoms with Crippen LogP contribution in [0.1, 0.15) is 55.5 Å². The van der Waals surface area contributed by atoms with Gasteiger partial charge in [-0.3, -0.25) is 4.98 Å². The van der Waals surface area contributed by atoms with Gasteiger partial charge in [-0.05, 0) is 43.2 Å². The summed E-state index contributed by atoms with van der Waals surface area (Å²) < 4.78 is 0. The quantitative estimate of drug-likeness (QED) is 0.589. The third-order valence-electron chi connectivity index (χ3n) is 3.13. The van der Waals surface area contributed by atoms with Crippen LogP contribution in [-0.2, 0) is 0 Å². The van der Waals surface area contributed by atoms with Crippen LogP contribution in [0.25, 0.3) is 0 Å². The average Bonchev–Trinajstić information content (AvgIpc) is 2.12. The zero-order valence-corrected chi connectivity index (χ0v) is 8.67. The highest BCUT2D eigenvalue weighted by Crippen LogP contribution is 2.36. The van der Waals surface area contributed by atoms with Crippen molar-refractivity contribution in [3.63, 3.8) is 0 Å². The van der Waals surface area contributed by atoms with Gasteiger partial charge in [0.05, 0.1) is 0 Å². The summed E-state index contributed by atoms with van der Waals surface area (Å²) in [7, 11) is 0. The average molecular weight is 175 g/mol. The number of hydrogen-bond acceptors (Lipinski definition) is 1. The van der Waals surface area contributed by atoms with Crippen molar-refractivity contribution in [3.8, 4) is 0 Å². The number of rotatable bonds is 0. The molecule has 1 nitrogen and oxygen atoms in total. The number of hydrogen-bond donors (Lipinski definition) is 0. The minimum atomic E-state index is 0.658. The molecule has 1 aromatic heterocycles. The second-order valence-electron chi connectivity index (χ2n) is 4.31. The van der Waals surface area contributed by atoms with Crippen LogP contribution < -0.4 is 0 Å². The van der Waals surface area contributed by atoms with Crippen LogP contribution in [0, 0.1) is 6.92 Å². The first-order chi connectivity index (χ1) is 6.18. The van der Waals surface area contributed by atoms with Crippen LogP contribution in [0.4, 0.5) is 0 Å². The lowest BCUT2D eigenvalue weighted by atomic mass is 9.81. The molecule has 0 saturated carbocycles. The predicted molar refractivity (Wildman–Crippen MR) is 55.0 cm³/mol. The van der Waals surface area contributed by atoms with Gasteiger partial charge in [0, 0.05) is 11.4 Å². The Hall–Kier alpha value is -0.850. The standard InChI is InChI=1S/C12H17N/c1-8-4-5-9(2)12-11(8)7-6-10(3)13-12/h6-9H,4-5H2,1-3H3. The van der Waals surface area contributed by atoms with Gasteiger partial charge in [0.2, 0.25) is 0 Å². The lowest BCUT2D eigenvalue weighted by Crippen LogP contribution is -2.12. The minimum absolute atomic E-state index is 0.658. The molecule has 2 rings (SSSR count). The van der Waals surface area contributed by atoms with E-state index in [4.69, 9.17) is 0 Å². The molecular weight excluding hydrogens is 158 g/mol. The van der Waals surface area contributed by atoms with Gasteiger partial charge in [-0.1, -0.05) is 19.9 Å². The normalized spacial score (nSPS) is 27.0. The Kier molecular flexibility index (Phi) is 2.10. The van der Waals surface area contributed by atoms with E-state index in [-0.39, 0.29) is 0 Å². The molecule has 0 aliphatic heterocycles. The first-order valence-electron chi connectivity index (χ1n) is 5.16. The summed E-state index contributed by atoms with van der Waals surface area (Å²) in [4.78, 5) is 4.65. The maximum absolute atomic E-state index is 4.65. The van der Waals surface area contributed by atoms with Crippen molar-refractivity contribution in [1.29, 1.82) is 0 Å². The van der Waals surface area contributed by atoms with E-state index < -0.39 is 0 Å². The Balaban J connectivity index is 2.50. The molecule has 1 aromatic rings. The van der Waals surface area contributed by atoms with Crippen LogP contribution in [0.2, 0.25) is 0 Å². The number of nitrogens with zero attached hydrogens (tertiary/aromatic N) is 1. The summed E-state index contributed by atoms with van der Waals surface area (Å²) in [6.07, 6.45) is 2.61. The molecule has 0 saturated heterocycles. The van der Waals surface area contributed by atoms with Gasteiger partial charge in [0.25, 0.3) is 0 Å². The van der Waals surface area contributed by atoms with Crippen LogP contribution >= 0.6 is 0 Å². The van der Waals surface area contributed by atoms with Crippen molar-refractivity contribution in [3.05, 3.63) is 29.1 Å². The van der Waals surface area contributed by atoms with Crippen molar-refractivity contribution in [2.45, 2.75) is 45.4 Å². The van der Waals surface area contributed by atoms with E-state index in [1.807, 2.05) is 0 Å². The van der Waals surface area contributed by atoms with Crippen LogP contribution in [0.3, 0.4) is 0 Å². The highest BCUT2D eigenvalue weighted by atomic mass is 14.7. The zero-order chi connectivity index (χ0) is 9.42. The van der Waals surface area contributed by atoms with E-state index in [0.717, 1.165) is 5.69 Å². The van der Waals surface area contributed by atoms with Crippen LogP contribution in [0.15, 0.2) is 12.1 Å². The number of aryl methyl sites for hydroxylation is 1. The van der Waals surface area contributed by atoms with E-state index in [1.165, 1.54) is 24.1 Å². The Labute approximate surface area is 80.2 Å². The fourth-order valence-electron chi connectivity index (χ4n) is 2.19. The lowest BCUT2D eigenvalue weighted by Gasteiger charge is -2.26. The summed E-state index contributed by atoms with van der Waals surface area (Å²) in [5.74, 6) is 1.37. The van der Waals surface area contributed by atoms with Gasteiger partial charge in [0.15, 0.2) is 0 Å². The summed E-state index contributed by atoms with van der Waals surface area (Å²) in [5, 5.41) is 0. The largest absolute Gasteiger partial charge is 0.258 e. The molecule has 0 bridgehead atoms. The van der Waals surface area contributed by atoms with Gasteiger partial charge in [0.1, 0.15) is 0 Å². The Morgan fingerprint density at radius 3 is 2.62 bits per heavy atom. The molecule has 2 atom stereocenters. The highest BCUT2D eigenvalue weighted by Gasteiger charge is 2.22. The van der Waals surface area contributed by atoms with E-state index in [2.05, 4.69) is 37.9 Å². The molecule has 0 N–H and O–H groups in total. The third kappa shape index (κ3) is 1.48. The molecule has 70 valence electrons. The molecule has 0 spiro atoms. The van der Waals surface area contributed by atoms with Gasteiger partial charge >= 0.3 is 0 Å². The Morgan fingerprint density at radius 2 is 1.85 bits per heavy atom. The summed E-state index contributed by atoms with van der Waals surface area (Å²) >= 11 is 0. The van der Waals surface area contributed by atoms with Gasteiger partial charge in [-0.25, -0.2) is 0 Å². The molecule has 1 aliphatic carbocycles. The number of pyridine rings is 1. The molecular formula is C12H17N. The van der Waals surface area contributed by atoms with Crippen LogP contribution in [0.5, 0.6) is 0 Å². The number of aromatic nitrogens is 1. The molecule has 2 unspecified atom stereocenters. The van der Waals surface area contributed by atoms with E-state index in [9.17, 15) is 0 Å². The highest BCUT2D eigenvalue weighted by molar-refractivity contribution is 5.30. The lowest BCUT2D eigenvalue weighted by molar-refractivity contribution is 0.513. The third-order valence-corrected chi connectivity index (χ3v) is 3.13. The first kappa shape index (κ1) is 8.74. The van der Waals surface area contributed by atoms with E-state index in [1.54, 1.807) is 0 Å². The van der Waals surface area contributed by atoms with Crippen LogP contribution in [-0.4, -0.2) is 4.98 Å². The molecule has 0 fully saturated rings. The molecule has 1 aliphatic rings. The van der Waals surface area contributed by atoms with Crippen molar-refractivity contribution in [2.75, 3.05) is 0 Å². The minimum Gasteiger partial charge on any atom is -0.258 e. The summed E-state index contributed by atoms with van der Waals surface area (Å²) in [6.45, 7) is 6.67. The van der Waals surface area contributed by atoms with E-state index >= 15 is 0 Å². The van der Waals surface area contributed by atoms with Gasteiger partial charge < -0.3 is 0 Å². The second kappa shape index (κ2) is 3.13. The Bertz CT molecular complexity index is 317. The van der Waals surface area contributed by atoms with Crippen molar-refractivity contribution in [1.82, 2.24) is 4.98 Å². The summed E-state index contributed by atoms with van der Waals surface area (Å²) in [5.41, 5.74) is 3.97.